The topological polar surface area (TPSA) is 66.5 Å². The van der Waals surface area contributed by atoms with E-state index in [2.05, 4.69) is 21.2 Å². The number of nitrogens with zero attached hydrogens (tertiary/aromatic N) is 1. The highest BCUT2D eigenvalue weighted by molar-refractivity contribution is 9.11. The number of amides is 3. The Morgan fingerprint density at radius 3 is 2.67 bits per heavy atom. The molecule has 1 aromatic rings. The van der Waals surface area contributed by atoms with Crippen molar-refractivity contribution in [3.05, 3.63) is 20.8 Å². The molecule has 0 unspecified atom stereocenters. The van der Waals surface area contributed by atoms with Gasteiger partial charge in [0, 0.05) is 0 Å². The SMILES string of the molecule is CC1(C)C(=O)NC(=O)CN1C(=O)c1ccc(Br)s1. The number of halogens is 1. The quantitative estimate of drug-likeness (QED) is 0.791. The first kappa shape index (κ1) is 13.2. The van der Waals surface area contributed by atoms with Crippen molar-refractivity contribution in [2.24, 2.45) is 0 Å². The molecule has 2 heterocycles. The van der Waals surface area contributed by atoms with Crippen molar-refractivity contribution in [1.82, 2.24) is 10.2 Å². The third-order valence-electron chi connectivity index (χ3n) is 2.81. The van der Waals surface area contributed by atoms with E-state index >= 15 is 0 Å². The minimum absolute atomic E-state index is 0.104. The molecule has 0 aliphatic carbocycles. The molecule has 0 bridgehead atoms. The van der Waals surface area contributed by atoms with Gasteiger partial charge < -0.3 is 4.90 Å². The van der Waals surface area contributed by atoms with E-state index in [9.17, 15) is 14.4 Å². The summed E-state index contributed by atoms with van der Waals surface area (Å²) in [7, 11) is 0. The lowest BCUT2D eigenvalue weighted by molar-refractivity contribution is -0.143. The van der Waals surface area contributed by atoms with Gasteiger partial charge in [0.1, 0.15) is 12.1 Å². The van der Waals surface area contributed by atoms with Crippen LogP contribution in [-0.4, -0.2) is 34.7 Å². The van der Waals surface area contributed by atoms with Gasteiger partial charge in [0.25, 0.3) is 11.8 Å². The van der Waals surface area contributed by atoms with Gasteiger partial charge in [-0.3, -0.25) is 19.7 Å². The molecular weight excluding hydrogens is 320 g/mol. The molecule has 18 heavy (non-hydrogen) atoms. The molecule has 0 spiro atoms. The molecule has 0 saturated carbocycles. The van der Waals surface area contributed by atoms with Crippen LogP contribution in [0.15, 0.2) is 15.9 Å². The average Bonchev–Trinajstić information content (AvgIpc) is 2.70. The number of carbonyl (C=O) groups is 3. The molecule has 5 nitrogen and oxygen atoms in total. The van der Waals surface area contributed by atoms with Crippen LogP contribution in [-0.2, 0) is 9.59 Å². The van der Waals surface area contributed by atoms with Crippen molar-refractivity contribution in [3.63, 3.8) is 0 Å². The summed E-state index contributed by atoms with van der Waals surface area (Å²) < 4.78 is 0.830. The van der Waals surface area contributed by atoms with Gasteiger partial charge in [0.05, 0.1) is 8.66 Å². The molecule has 0 atom stereocenters. The second-order valence-corrected chi connectivity index (χ2v) is 6.89. The van der Waals surface area contributed by atoms with Gasteiger partial charge in [-0.15, -0.1) is 11.3 Å². The second-order valence-electron chi connectivity index (χ2n) is 4.43. The smallest absolute Gasteiger partial charge is 0.265 e. The number of piperazine rings is 1. The third kappa shape index (κ3) is 2.20. The molecule has 1 fully saturated rings. The Balaban J connectivity index is 2.33. The highest BCUT2D eigenvalue weighted by atomic mass is 79.9. The fourth-order valence-electron chi connectivity index (χ4n) is 1.67. The summed E-state index contributed by atoms with van der Waals surface area (Å²) >= 11 is 4.55. The van der Waals surface area contributed by atoms with Crippen LogP contribution in [0.5, 0.6) is 0 Å². The van der Waals surface area contributed by atoms with Crippen molar-refractivity contribution in [2.45, 2.75) is 19.4 Å². The highest BCUT2D eigenvalue weighted by Gasteiger charge is 2.43. The number of rotatable bonds is 1. The number of hydrogen-bond acceptors (Lipinski definition) is 4. The van der Waals surface area contributed by atoms with Crippen LogP contribution in [0, 0.1) is 0 Å². The van der Waals surface area contributed by atoms with E-state index in [1.54, 1.807) is 26.0 Å². The Bertz CT molecular complexity index is 538. The zero-order valence-electron chi connectivity index (χ0n) is 9.82. The molecule has 3 amide bonds. The van der Waals surface area contributed by atoms with Gasteiger partial charge in [0.15, 0.2) is 0 Å². The van der Waals surface area contributed by atoms with E-state index in [0.29, 0.717) is 4.88 Å². The normalized spacial score (nSPS) is 18.7. The molecular formula is C11H11BrN2O3S. The lowest BCUT2D eigenvalue weighted by atomic mass is 9.98. The van der Waals surface area contributed by atoms with Gasteiger partial charge in [-0.2, -0.15) is 0 Å². The van der Waals surface area contributed by atoms with E-state index in [0.717, 1.165) is 3.79 Å². The standard InChI is InChI=1S/C11H11BrN2O3S/c1-11(2)10(17)13-8(15)5-14(11)9(16)6-3-4-7(12)18-6/h3-4H,5H2,1-2H3,(H,13,15,17). The van der Waals surface area contributed by atoms with Crippen LogP contribution in [0.4, 0.5) is 0 Å². The second kappa shape index (κ2) is 4.47. The summed E-state index contributed by atoms with van der Waals surface area (Å²) in [6.45, 7) is 3.14. The number of carbonyl (C=O) groups excluding carboxylic acids is 3. The minimum atomic E-state index is -1.03. The summed E-state index contributed by atoms with van der Waals surface area (Å²) in [5.41, 5.74) is -1.03. The number of hydrogen-bond donors (Lipinski definition) is 1. The Kier molecular flexibility index (Phi) is 3.29. The maximum atomic E-state index is 12.3. The van der Waals surface area contributed by atoms with Gasteiger partial charge in [-0.1, -0.05) is 0 Å². The fraction of sp³-hybridized carbons (Fsp3) is 0.364. The Labute approximate surface area is 116 Å². The highest BCUT2D eigenvalue weighted by Crippen LogP contribution is 2.27. The van der Waals surface area contributed by atoms with E-state index in [1.807, 2.05) is 0 Å². The zero-order valence-corrected chi connectivity index (χ0v) is 12.2. The minimum Gasteiger partial charge on any atom is -0.314 e. The maximum Gasteiger partial charge on any atom is 0.265 e. The van der Waals surface area contributed by atoms with Crippen LogP contribution in [0.1, 0.15) is 23.5 Å². The fourth-order valence-corrected chi connectivity index (χ4v) is 3.01. The summed E-state index contributed by atoms with van der Waals surface area (Å²) in [4.78, 5) is 37.2. The number of nitrogens with one attached hydrogen (secondary N) is 1. The lowest BCUT2D eigenvalue weighted by Crippen LogP contribution is -2.65. The van der Waals surface area contributed by atoms with Crippen LogP contribution in [0.25, 0.3) is 0 Å². The number of imide groups is 1. The van der Waals surface area contributed by atoms with E-state index in [1.165, 1.54) is 16.2 Å². The Morgan fingerprint density at radius 1 is 1.44 bits per heavy atom. The first-order chi connectivity index (χ1) is 8.32. The average molecular weight is 331 g/mol. The van der Waals surface area contributed by atoms with Gasteiger partial charge in [0.2, 0.25) is 5.91 Å². The summed E-state index contributed by atoms with van der Waals surface area (Å²) in [6.07, 6.45) is 0. The predicted octanol–water partition coefficient (Wildman–Crippen LogP) is 1.39. The van der Waals surface area contributed by atoms with Crippen LogP contribution >= 0.6 is 27.3 Å². The summed E-state index contributed by atoms with van der Waals surface area (Å²) in [5.74, 6) is -1.22. The van der Waals surface area contributed by atoms with Gasteiger partial charge in [-0.25, -0.2) is 0 Å². The van der Waals surface area contributed by atoms with E-state index in [4.69, 9.17) is 0 Å². The van der Waals surface area contributed by atoms with Gasteiger partial charge in [-0.05, 0) is 41.9 Å². The molecule has 2 rings (SSSR count). The maximum absolute atomic E-state index is 12.3. The Morgan fingerprint density at radius 2 is 2.11 bits per heavy atom. The molecule has 1 aromatic heterocycles. The molecule has 7 heteroatoms. The molecule has 1 saturated heterocycles. The molecule has 0 aromatic carbocycles. The lowest BCUT2D eigenvalue weighted by Gasteiger charge is -2.39. The van der Waals surface area contributed by atoms with Crippen molar-refractivity contribution in [2.75, 3.05) is 6.54 Å². The molecule has 1 N–H and O–H groups in total. The Hall–Kier alpha value is -1.21. The van der Waals surface area contributed by atoms with Crippen molar-refractivity contribution >= 4 is 45.0 Å². The number of thiophene rings is 1. The largest absolute Gasteiger partial charge is 0.314 e. The molecule has 1 aliphatic heterocycles. The summed E-state index contributed by atoms with van der Waals surface area (Å²) in [6, 6.07) is 3.43. The van der Waals surface area contributed by atoms with Crippen molar-refractivity contribution in [1.29, 1.82) is 0 Å². The molecule has 96 valence electrons. The van der Waals surface area contributed by atoms with E-state index in [-0.39, 0.29) is 12.5 Å². The van der Waals surface area contributed by atoms with Gasteiger partial charge >= 0.3 is 0 Å². The van der Waals surface area contributed by atoms with Crippen molar-refractivity contribution < 1.29 is 14.4 Å². The first-order valence-corrected chi connectivity index (χ1v) is 6.85. The van der Waals surface area contributed by atoms with Crippen LogP contribution in [0.3, 0.4) is 0 Å². The zero-order chi connectivity index (χ0) is 13.5. The summed E-state index contributed by atoms with van der Waals surface area (Å²) in [5, 5.41) is 2.23. The van der Waals surface area contributed by atoms with Crippen LogP contribution < -0.4 is 5.32 Å². The van der Waals surface area contributed by atoms with Crippen molar-refractivity contribution in [3.8, 4) is 0 Å². The molecule has 1 aliphatic rings. The monoisotopic (exact) mass is 330 g/mol. The third-order valence-corrected chi connectivity index (χ3v) is 4.43. The van der Waals surface area contributed by atoms with E-state index < -0.39 is 17.4 Å². The first-order valence-electron chi connectivity index (χ1n) is 5.24. The van der Waals surface area contributed by atoms with Crippen LogP contribution in [0.2, 0.25) is 0 Å². The predicted molar refractivity (Wildman–Crippen MR) is 70.3 cm³/mol. The molecule has 0 radical (unpaired) electrons.